The first-order valence-electron chi connectivity index (χ1n) is 6.45. The van der Waals surface area contributed by atoms with Gasteiger partial charge in [0.1, 0.15) is 17.5 Å². The molecule has 0 saturated heterocycles. The van der Waals surface area contributed by atoms with Gasteiger partial charge in [-0.25, -0.2) is 14.4 Å². The van der Waals surface area contributed by atoms with Gasteiger partial charge in [-0.1, -0.05) is 6.92 Å². The van der Waals surface area contributed by atoms with E-state index in [0.717, 1.165) is 31.0 Å². The molecule has 0 fully saturated rings. The summed E-state index contributed by atoms with van der Waals surface area (Å²) in [6, 6.07) is 3.25. The minimum atomic E-state index is -0.363. The Labute approximate surface area is 112 Å². The minimum Gasteiger partial charge on any atom is -0.370 e. The van der Waals surface area contributed by atoms with Crippen molar-refractivity contribution in [2.45, 2.75) is 26.7 Å². The van der Waals surface area contributed by atoms with Gasteiger partial charge in [-0.15, -0.1) is 0 Å². The Morgan fingerprint density at radius 2 is 2.00 bits per heavy atom. The van der Waals surface area contributed by atoms with Gasteiger partial charge in [0.25, 0.3) is 0 Å². The Balaban J connectivity index is 2.43. The van der Waals surface area contributed by atoms with Crippen molar-refractivity contribution in [1.82, 2.24) is 15.0 Å². The first-order valence-corrected chi connectivity index (χ1v) is 6.45. The molecular weight excluding hydrogens is 243 g/mol. The summed E-state index contributed by atoms with van der Waals surface area (Å²) >= 11 is 0. The van der Waals surface area contributed by atoms with E-state index in [9.17, 15) is 4.39 Å². The van der Waals surface area contributed by atoms with Crippen molar-refractivity contribution in [1.29, 1.82) is 0 Å². The lowest BCUT2D eigenvalue weighted by atomic mass is 10.2. The van der Waals surface area contributed by atoms with Crippen LogP contribution in [0.1, 0.15) is 26.1 Å². The van der Waals surface area contributed by atoms with Crippen LogP contribution in [0.5, 0.6) is 0 Å². The van der Waals surface area contributed by atoms with E-state index in [1.807, 2.05) is 13.0 Å². The average molecular weight is 260 g/mol. The monoisotopic (exact) mass is 260 g/mol. The second-order valence-corrected chi connectivity index (χ2v) is 4.23. The van der Waals surface area contributed by atoms with Crippen molar-refractivity contribution < 1.29 is 4.39 Å². The normalized spacial score (nSPS) is 10.5. The van der Waals surface area contributed by atoms with Crippen LogP contribution in [-0.4, -0.2) is 21.5 Å². The molecule has 2 rings (SSSR count). The SMILES string of the molecule is CCCc1nc(NCC)cc(-c2cncc(F)c2)n1. The molecule has 0 aliphatic rings. The zero-order valence-electron chi connectivity index (χ0n) is 11.2. The predicted molar refractivity (Wildman–Crippen MR) is 73.4 cm³/mol. The second kappa shape index (κ2) is 6.22. The molecule has 4 nitrogen and oxygen atoms in total. The lowest BCUT2D eigenvalue weighted by Gasteiger charge is -2.08. The zero-order valence-corrected chi connectivity index (χ0v) is 11.2. The number of aromatic nitrogens is 3. The fraction of sp³-hybridized carbons (Fsp3) is 0.357. The summed E-state index contributed by atoms with van der Waals surface area (Å²) in [5.74, 6) is 1.17. The molecule has 0 saturated carbocycles. The van der Waals surface area contributed by atoms with E-state index in [4.69, 9.17) is 0 Å². The Kier molecular flexibility index (Phi) is 4.39. The fourth-order valence-electron chi connectivity index (χ4n) is 1.80. The molecule has 0 atom stereocenters. The van der Waals surface area contributed by atoms with Crippen molar-refractivity contribution in [3.63, 3.8) is 0 Å². The molecule has 0 aliphatic carbocycles. The summed E-state index contributed by atoms with van der Waals surface area (Å²) in [5, 5.41) is 3.17. The highest BCUT2D eigenvalue weighted by molar-refractivity contribution is 5.61. The van der Waals surface area contributed by atoms with Crippen LogP contribution in [-0.2, 0) is 6.42 Å². The molecule has 2 heterocycles. The van der Waals surface area contributed by atoms with Crippen LogP contribution in [0.4, 0.5) is 10.2 Å². The van der Waals surface area contributed by atoms with E-state index < -0.39 is 0 Å². The Morgan fingerprint density at radius 3 is 2.68 bits per heavy atom. The van der Waals surface area contributed by atoms with Crippen LogP contribution in [0.3, 0.4) is 0 Å². The lowest BCUT2D eigenvalue weighted by Crippen LogP contribution is -2.04. The largest absolute Gasteiger partial charge is 0.370 e. The molecule has 19 heavy (non-hydrogen) atoms. The van der Waals surface area contributed by atoms with Crippen molar-refractivity contribution >= 4 is 5.82 Å². The quantitative estimate of drug-likeness (QED) is 0.897. The van der Waals surface area contributed by atoms with E-state index in [-0.39, 0.29) is 5.82 Å². The first kappa shape index (κ1) is 13.4. The number of hydrogen-bond donors (Lipinski definition) is 1. The second-order valence-electron chi connectivity index (χ2n) is 4.23. The molecule has 2 aromatic heterocycles. The molecule has 2 aromatic rings. The number of nitrogens with zero attached hydrogens (tertiary/aromatic N) is 3. The van der Waals surface area contributed by atoms with Crippen LogP contribution in [0, 0.1) is 5.82 Å². The van der Waals surface area contributed by atoms with E-state index in [2.05, 4.69) is 27.2 Å². The molecule has 5 heteroatoms. The highest BCUT2D eigenvalue weighted by Crippen LogP contribution is 2.20. The van der Waals surface area contributed by atoms with Crippen LogP contribution in [0.25, 0.3) is 11.3 Å². The minimum absolute atomic E-state index is 0.363. The van der Waals surface area contributed by atoms with Crippen LogP contribution in [0.2, 0.25) is 0 Å². The van der Waals surface area contributed by atoms with E-state index in [1.54, 1.807) is 6.20 Å². The summed E-state index contributed by atoms with van der Waals surface area (Å²) in [6.07, 6.45) is 4.56. The molecule has 100 valence electrons. The third kappa shape index (κ3) is 3.47. The molecule has 1 N–H and O–H groups in total. The number of rotatable bonds is 5. The Bertz CT molecular complexity index is 533. The van der Waals surface area contributed by atoms with Crippen LogP contribution in [0.15, 0.2) is 24.5 Å². The molecule has 0 spiro atoms. The maximum atomic E-state index is 13.2. The Morgan fingerprint density at radius 1 is 1.16 bits per heavy atom. The van der Waals surface area contributed by atoms with E-state index in [1.165, 1.54) is 12.3 Å². The predicted octanol–water partition coefficient (Wildman–Crippen LogP) is 3.06. The molecule has 0 unspecified atom stereocenters. The number of nitrogens with one attached hydrogen (secondary N) is 1. The lowest BCUT2D eigenvalue weighted by molar-refractivity contribution is 0.622. The highest BCUT2D eigenvalue weighted by atomic mass is 19.1. The van der Waals surface area contributed by atoms with Gasteiger partial charge in [0.15, 0.2) is 0 Å². The van der Waals surface area contributed by atoms with Gasteiger partial charge in [0.2, 0.25) is 0 Å². The van der Waals surface area contributed by atoms with Gasteiger partial charge in [0.05, 0.1) is 11.9 Å². The molecule has 0 amide bonds. The summed E-state index contributed by atoms with van der Waals surface area (Å²) < 4.78 is 13.2. The topological polar surface area (TPSA) is 50.7 Å². The summed E-state index contributed by atoms with van der Waals surface area (Å²) in [5.41, 5.74) is 1.36. The van der Waals surface area contributed by atoms with Crippen molar-refractivity contribution in [2.75, 3.05) is 11.9 Å². The molecule has 0 aliphatic heterocycles. The van der Waals surface area contributed by atoms with Gasteiger partial charge in [-0.3, -0.25) is 4.98 Å². The first-order chi connectivity index (χ1) is 9.22. The third-order valence-electron chi connectivity index (χ3n) is 2.60. The maximum Gasteiger partial charge on any atom is 0.142 e. The van der Waals surface area contributed by atoms with Crippen LogP contribution >= 0.6 is 0 Å². The van der Waals surface area contributed by atoms with Crippen molar-refractivity contribution in [2.24, 2.45) is 0 Å². The van der Waals surface area contributed by atoms with E-state index >= 15 is 0 Å². The molecule has 0 aromatic carbocycles. The van der Waals surface area contributed by atoms with Gasteiger partial charge in [0, 0.05) is 30.8 Å². The van der Waals surface area contributed by atoms with E-state index in [0.29, 0.717) is 11.3 Å². The number of aryl methyl sites for hydroxylation is 1. The summed E-state index contributed by atoms with van der Waals surface area (Å²) in [4.78, 5) is 12.7. The van der Waals surface area contributed by atoms with Crippen molar-refractivity contribution in [3.05, 3.63) is 36.2 Å². The Hall–Kier alpha value is -2.04. The fourth-order valence-corrected chi connectivity index (χ4v) is 1.80. The molecular formula is C14H17FN4. The summed E-state index contributed by atoms with van der Waals surface area (Å²) in [7, 11) is 0. The van der Waals surface area contributed by atoms with Gasteiger partial charge in [-0.05, 0) is 19.4 Å². The maximum absolute atomic E-state index is 13.2. The molecule has 0 radical (unpaired) electrons. The highest BCUT2D eigenvalue weighted by Gasteiger charge is 2.07. The number of anilines is 1. The van der Waals surface area contributed by atoms with Gasteiger partial charge in [-0.2, -0.15) is 0 Å². The summed E-state index contributed by atoms with van der Waals surface area (Å²) in [6.45, 7) is 4.86. The van der Waals surface area contributed by atoms with Gasteiger partial charge >= 0.3 is 0 Å². The zero-order chi connectivity index (χ0) is 13.7. The standard InChI is InChI=1S/C14H17FN4/c1-3-5-13-18-12(7-14(19-13)17-4-2)10-6-11(15)9-16-8-10/h6-9H,3-5H2,1-2H3,(H,17,18,19). The third-order valence-corrected chi connectivity index (χ3v) is 2.60. The number of hydrogen-bond acceptors (Lipinski definition) is 4. The van der Waals surface area contributed by atoms with Crippen molar-refractivity contribution in [3.8, 4) is 11.3 Å². The van der Waals surface area contributed by atoms with Crippen LogP contribution < -0.4 is 5.32 Å². The average Bonchev–Trinajstić information content (AvgIpc) is 2.39. The number of pyridine rings is 1. The van der Waals surface area contributed by atoms with Gasteiger partial charge < -0.3 is 5.32 Å². The smallest absolute Gasteiger partial charge is 0.142 e. The molecule has 0 bridgehead atoms. The number of halogens is 1.